The lowest BCUT2D eigenvalue weighted by atomic mass is 10.3. The van der Waals surface area contributed by atoms with Crippen LogP contribution in [0.2, 0.25) is 0 Å². The highest BCUT2D eigenvalue weighted by atomic mass is 79.9. The Hall–Kier alpha value is -0.450. The van der Waals surface area contributed by atoms with Gasteiger partial charge in [-0.3, -0.25) is 4.98 Å². The number of rotatable bonds is 7. The van der Waals surface area contributed by atoms with Gasteiger partial charge in [-0.25, -0.2) is 0 Å². The third-order valence-electron chi connectivity index (χ3n) is 2.00. The Morgan fingerprint density at radius 1 is 1.20 bits per heavy atom. The van der Waals surface area contributed by atoms with E-state index in [4.69, 9.17) is 0 Å². The van der Waals surface area contributed by atoms with Gasteiger partial charge in [0.15, 0.2) is 0 Å². The second-order valence-electron chi connectivity index (χ2n) is 3.39. The summed E-state index contributed by atoms with van der Waals surface area (Å²) in [6.07, 6.45) is 3.01. The molecule has 0 aliphatic heterocycles. The van der Waals surface area contributed by atoms with Crippen LogP contribution < -0.4 is 10.6 Å². The molecule has 1 aromatic rings. The van der Waals surface area contributed by atoms with Crippen LogP contribution in [0.25, 0.3) is 0 Å². The molecule has 4 heteroatoms. The van der Waals surface area contributed by atoms with Crippen molar-refractivity contribution in [1.82, 2.24) is 15.6 Å². The minimum absolute atomic E-state index is 0.834. The van der Waals surface area contributed by atoms with E-state index < -0.39 is 0 Å². The fourth-order valence-corrected chi connectivity index (χ4v) is 1.44. The number of aromatic nitrogens is 1. The molecule has 0 unspecified atom stereocenters. The van der Waals surface area contributed by atoms with E-state index in [1.165, 1.54) is 6.42 Å². The molecule has 0 atom stereocenters. The van der Waals surface area contributed by atoms with Gasteiger partial charge in [0, 0.05) is 30.3 Å². The molecule has 0 aromatic carbocycles. The van der Waals surface area contributed by atoms with Crippen molar-refractivity contribution in [3.63, 3.8) is 0 Å². The molecule has 1 aromatic heterocycles. The van der Waals surface area contributed by atoms with Gasteiger partial charge in [-0.2, -0.15) is 0 Å². The van der Waals surface area contributed by atoms with Crippen molar-refractivity contribution < 1.29 is 0 Å². The molecule has 1 heterocycles. The Labute approximate surface area is 99.8 Å². The van der Waals surface area contributed by atoms with Gasteiger partial charge < -0.3 is 10.6 Å². The molecule has 0 aliphatic carbocycles. The number of hydrogen-bond donors (Lipinski definition) is 2. The number of nitrogens with zero attached hydrogens (tertiary/aromatic N) is 1. The van der Waals surface area contributed by atoms with Gasteiger partial charge in [-0.15, -0.1) is 0 Å². The third kappa shape index (κ3) is 5.87. The highest BCUT2D eigenvalue weighted by Crippen LogP contribution is 2.06. The highest BCUT2D eigenvalue weighted by Gasteiger charge is 1.93. The third-order valence-corrected chi connectivity index (χ3v) is 2.47. The molecule has 0 radical (unpaired) electrons. The van der Waals surface area contributed by atoms with E-state index in [1.54, 1.807) is 0 Å². The minimum Gasteiger partial charge on any atom is -0.315 e. The summed E-state index contributed by atoms with van der Waals surface area (Å²) in [5.41, 5.74) is 1.08. The average molecular weight is 272 g/mol. The maximum absolute atomic E-state index is 4.28. The first-order valence-corrected chi connectivity index (χ1v) is 6.14. The quantitative estimate of drug-likeness (QED) is 0.745. The van der Waals surface area contributed by atoms with E-state index in [0.29, 0.717) is 0 Å². The van der Waals surface area contributed by atoms with Gasteiger partial charge in [0.1, 0.15) is 0 Å². The van der Waals surface area contributed by atoms with E-state index >= 15 is 0 Å². The van der Waals surface area contributed by atoms with Crippen LogP contribution in [0.1, 0.15) is 19.0 Å². The Balaban J connectivity index is 2.07. The number of pyridine rings is 1. The SMILES string of the molecule is CCCNCCNCc1ccc(Br)cn1. The second-order valence-corrected chi connectivity index (χ2v) is 4.31. The Bertz CT molecular complexity index is 261. The maximum Gasteiger partial charge on any atom is 0.0542 e. The summed E-state index contributed by atoms with van der Waals surface area (Å²) < 4.78 is 1.02. The van der Waals surface area contributed by atoms with Crippen LogP contribution in [-0.4, -0.2) is 24.6 Å². The van der Waals surface area contributed by atoms with E-state index in [2.05, 4.69) is 38.5 Å². The standard InChI is InChI=1S/C11H18BrN3/c1-2-5-13-6-7-14-9-11-4-3-10(12)8-15-11/h3-4,8,13-14H,2,5-7,9H2,1H3. The number of hydrogen-bond acceptors (Lipinski definition) is 3. The molecular weight excluding hydrogens is 254 g/mol. The summed E-state index contributed by atoms with van der Waals surface area (Å²) in [5, 5.41) is 6.68. The van der Waals surface area contributed by atoms with Gasteiger partial charge in [0.25, 0.3) is 0 Å². The van der Waals surface area contributed by atoms with Crippen molar-refractivity contribution >= 4 is 15.9 Å². The average Bonchev–Trinajstić information content (AvgIpc) is 2.26. The van der Waals surface area contributed by atoms with Crippen molar-refractivity contribution in [2.75, 3.05) is 19.6 Å². The first kappa shape index (κ1) is 12.6. The van der Waals surface area contributed by atoms with E-state index in [0.717, 1.165) is 36.3 Å². The Morgan fingerprint density at radius 2 is 2.00 bits per heavy atom. The Kier molecular flexibility index (Phi) is 6.55. The zero-order chi connectivity index (χ0) is 10.9. The molecule has 1 rings (SSSR count). The van der Waals surface area contributed by atoms with Gasteiger partial charge in [-0.1, -0.05) is 6.92 Å². The number of nitrogens with one attached hydrogen (secondary N) is 2. The number of halogens is 1. The van der Waals surface area contributed by atoms with Gasteiger partial charge in [0.05, 0.1) is 5.69 Å². The van der Waals surface area contributed by atoms with Crippen molar-refractivity contribution in [3.05, 3.63) is 28.5 Å². The Morgan fingerprint density at radius 3 is 2.67 bits per heavy atom. The largest absolute Gasteiger partial charge is 0.315 e. The molecule has 0 fully saturated rings. The van der Waals surface area contributed by atoms with Crippen LogP contribution in [0, 0.1) is 0 Å². The van der Waals surface area contributed by atoms with Gasteiger partial charge >= 0.3 is 0 Å². The van der Waals surface area contributed by atoms with E-state index in [-0.39, 0.29) is 0 Å². The molecule has 0 bridgehead atoms. The fraction of sp³-hybridized carbons (Fsp3) is 0.545. The van der Waals surface area contributed by atoms with Crippen LogP contribution in [0.5, 0.6) is 0 Å². The summed E-state index contributed by atoms with van der Waals surface area (Å²) >= 11 is 3.36. The minimum atomic E-state index is 0.834. The van der Waals surface area contributed by atoms with Gasteiger partial charge in [0.2, 0.25) is 0 Å². The first-order valence-electron chi connectivity index (χ1n) is 5.35. The lowest BCUT2D eigenvalue weighted by Crippen LogP contribution is -2.27. The molecule has 15 heavy (non-hydrogen) atoms. The van der Waals surface area contributed by atoms with Crippen LogP contribution >= 0.6 is 15.9 Å². The predicted octanol–water partition coefficient (Wildman–Crippen LogP) is 1.93. The molecule has 2 N–H and O–H groups in total. The molecule has 0 aliphatic rings. The van der Waals surface area contributed by atoms with Gasteiger partial charge in [-0.05, 0) is 41.0 Å². The summed E-state index contributed by atoms with van der Waals surface area (Å²) in [5.74, 6) is 0. The smallest absolute Gasteiger partial charge is 0.0542 e. The summed E-state index contributed by atoms with van der Waals surface area (Å²) in [6.45, 7) is 6.10. The summed E-state index contributed by atoms with van der Waals surface area (Å²) in [6, 6.07) is 4.04. The monoisotopic (exact) mass is 271 g/mol. The van der Waals surface area contributed by atoms with Crippen molar-refractivity contribution in [2.24, 2.45) is 0 Å². The van der Waals surface area contributed by atoms with E-state index in [9.17, 15) is 0 Å². The van der Waals surface area contributed by atoms with Crippen LogP contribution in [0.4, 0.5) is 0 Å². The molecule has 0 amide bonds. The fourth-order valence-electron chi connectivity index (χ4n) is 1.21. The molecular formula is C11H18BrN3. The molecule has 0 saturated heterocycles. The summed E-state index contributed by atoms with van der Waals surface area (Å²) in [7, 11) is 0. The molecule has 3 nitrogen and oxygen atoms in total. The van der Waals surface area contributed by atoms with Crippen LogP contribution in [0.15, 0.2) is 22.8 Å². The van der Waals surface area contributed by atoms with Crippen LogP contribution in [-0.2, 0) is 6.54 Å². The maximum atomic E-state index is 4.28. The topological polar surface area (TPSA) is 37.0 Å². The van der Waals surface area contributed by atoms with Crippen molar-refractivity contribution in [1.29, 1.82) is 0 Å². The molecule has 0 saturated carbocycles. The summed E-state index contributed by atoms with van der Waals surface area (Å²) in [4.78, 5) is 4.28. The normalized spacial score (nSPS) is 10.5. The lowest BCUT2D eigenvalue weighted by Gasteiger charge is -2.05. The molecule has 84 valence electrons. The second kappa shape index (κ2) is 7.79. The zero-order valence-corrected chi connectivity index (χ0v) is 10.7. The lowest BCUT2D eigenvalue weighted by molar-refractivity contribution is 0.602. The van der Waals surface area contributed by atoms with E-state index in [1.807, 2.05) is 18.3 Å². The van der Waals surface area contributed by atoms with Crippen molar-refractivity contribution in [3.8, 4) is 0 Å². The predicted molar refractivity (Wildman–Crippen MR) is 66.8 cm³/mol. The van der Waals surface area contributed by atoms with Crippen molar-refractivity contribution in [2.45, 2.75) is 19.9 Å². The first-order chi connectivity index (χ1) is 7.33. The zero-order valence-electron chi connectivity index (χ0n) is 9.09. The highest BCUT2D eigenvalue weighted by molar-refractivity contribution is 9.10. The van der Waals surface area contributed by atoms with Crippen LogP contribution in [0.3, 0.4) is 0 Å². The molecule has 0 spiro atoms.